The highest BCUT2D eigenvalue weighted by molar-refractivity contribution is 4.98. The molecule has 1 rings (SSSR count). The summed E-state index contributed by atoms with van der Waals surface area (Å²) in [5, 5.41) is 7.73. The van der Waals surface area contributed by atoms with E-state index in [9.17, 15) is 0 Å². The lowest BCUT2D eigenvalue weighted by Crippen LogP contribution is -2.35. The van der Waals surface area contributed by atoms with Gasteiger partial charge in [0.25, 0.3) is 0 Å². The van der Waals surface area contributed by atoms with E-state index in [2.05, 4.69) is 36.3 Å². The summed E-state index contributed by atoms with van der Waals surface area (Å²) >= 11 is 0. The fraction of sp³-hybridized carbons (Fsp3) is 0.700. The van der Waals surface area contributed by atoms with Gasteiger partial charge in [-0.25, -0.2) is 0 Å². The predicted octanol–water partition coefficient (Wildman–Crippen LogP) is 0.460. The molecule has 0 fully saturated rings. The zero-order valence-electron chi connectivity index (χ0n) is 9.49. The van der Waals surface area contributed by atoms with Crippen LogP contribution >= 0.6 is 0 Å². The minimum absolute atomic E-state index is 0.493. The van der Waals surface area contributed by atoms with E-state index in [1.54, 1.807) is 0 Å². The standard InChI is InChI=1S/C10H20N4/c1-9(8-13(2)3)11-7-10-5-6-14(4)12-10/h5-6,9,11H,7-8H2,1-4H3. The van der Waals surface area contributed by atoms with Crippen molar-refractivity contribution in [3.8, 4) is 0 Å². The molecule has 0 aliphatic heterocycles. The summed E-state index contributed by atoms with van der Waals surface area (Å²) in [5.41, 5.74) is 1.10. The summed E-state index contributed by atoms with van der Waals surface area (Å²) in [6, 6.07) is 2.53. The predicted molar refractivity (Wildman–Crippen MR) is 58.1 cm³/mol. The van der Waals surface area contributed by atoms with Crippen LogP contribution in [0.15, 0.2) is 12.3 Å². The third-order valence-electron chi connectivity index (χ3n) is 2.04. The van der Waals surface area contributed by atoms with Crippen LogP contribution in [0, 0.1) is 0 Å². The molecule has 4 nitrogen and oxygen atoms in total. The van der Waals surface area contributed by atoms with Gasteiger partial charge in [0.05, 0.1) is 5.69 Å². The summed E-state index contributed by atoms with van der Waals surface area (Å²) in [5.74, 6) is 0. The van der Waals surface area contributed by atoms with E-state index in [1.807, 2.05) is 24.0 Å². The molecule has 1 unspecified atom stereocenters. The molecule has 0 amide bonds. The molecule has 1 aromatic heterocycles. The van der Waals surface area contributed by atoms with Crippen molar-refractivity contribution in [1.82, 2.24) is 20.0 Å². The molecule has 1 N–H and O–H groups in total. The number of hydrogen-bond acceptors (Lipinski definition) is 3. The van der Waals surface area contributed by atoms with Crippen LogP contribution in [0.25, 0.3) is 0 Å². The molecule has 0 saturated heterocycles. The van der Waals surface area contributed by atoms with Crippen molar-refractivity contribution < 1.29 is 0 Å². The van der Waals surface area contributed by atoms with Gasteiger partial charge in [0.1, 0.15) is 0 Å². The van der Waals surface area contributed by atoms with Crippen LogP contribution in [0.1, 0.15) is 12.6 Å². The molecule has 0 bridgehead atoms. The molecule has 0 aromatic carbocycles. The molecule has 14 heavy (non-hydrogen) atoms. The van der Waals surface area contributed by atoms with Crippen molar-refractivity contribution >= 4 is 0 Å². The Kier molecular flexibility index (Phi) is 4.10. The van der Waals surface area contributed by atoms with Gasteiger partial charge in [0.2, 0.25) is 0 Å². The maximum absolute atomic E-state index is 4.30. The number of aryl methyl sites for hydroxylation is 1. The van der Waals surface area contributed by atoms with Gasteiger partial charge in [-0.1, -0.05) is 0 Å². The first-order chi connectivity index (χ1) is 6.58. The Morgan fingerprint density at radius 1 is 1.57 bits per heavy atom. The average molecular weight is 196 g/mol. The van der Waals surface area contributed by atoms with Crippen molar-refractivity contribution in [3.63, 3.8) is 0 Å². The highest BCUT2D eigenvalue weighted by Crippen LogP contribution is 1.94. The molecule has 1 heterocycles. The van der Waals surface area contributed by atoms with E-state index < -0.39 is 0 Å². The molecule has 0 radical (unpaired) electrons. The second-order valence-corrected chi connectivity index (χ2v) is 4.02. The molecule has 1 atom stereocenters. The van der Waals surface area contributed by atoms with E-state index in [0.717, 1.165) is 18.8 Å². The third-order valence-corrected chi connectivity index (χ3v) is 2.04. The number of nitrogens with one attached hydrogen (secondary N) is 1. The highest BCUT2D eigenvalue weighted by Gasteiger charge is 2.03. The van der Waals surface area contributed by atoms with Crippen LogP contribution < -0.4 is 5.32 Å². The van der Waals surface area contributed by atoms with Crippen molar-refractivity contribution in [2.75, 3.05) is 20.6 Å². The number of aromatic nitrogens is 2. The summed E-state index contributed by atoms with van der Waals surface area (Å²) in [6.45, 7) is 4.08. The third kappa shape index (κ3) is 3.89. The molecular weight excluding hydrogens is 176 g/mol. The van der Waals surface area contributed by atoms with Crippen LogP contribution in [-0.4, -0.2) is 41.4 Å². The second-order valence-electron chi connectivity index (χ2n) is 4.02. The summed E-state index contributed by atoms with van der Waals surface area (Å²) < 4.78 is 1.83. The Morgan fingerprint density at radius 2 is 2.29 bits per heavy atom. The minimum Gasteiger partial charge on any atom is -0.308 e. The van der Waals surface area contributed by atoms with Crippen molar-refractivity contribution in [2.45, 2.75) is 19.5 Å². The van der Waals surface area contributed by atoms with E-state index >= 15 is 0 Å². The molecule has 4 heteroatoms. The van der Waals surface area contributed by atoms with E-state index in [1.165, 1.54) is 0 Å². The van der Waals surface area contributed by atoms with Gasteiger partial charge < -0.3 is 10.2 Å². The fourth-order valence-electron chi connectivity index (χ4n) is 1.45. The lowest BCUT2D eigenvalue weighted by Gasteiger charge is -2.17. The van der Waals surface area contributed by atoms with Gasteiger partial charge in [-0.15, -0.1) is 0 Å². The largest absolute Gasteiger partial charge is 0.308 e. The first-order valence-corrected chi connectivity index (χ1v) is 4.94. The smallest absolute Gasteiger partial charge is 0.0762 e. The average Bonchev–Trinajstić information content (AvgIpc) is 2.47. The molecule has 0 saturated carbocycles. The van der Waals surface area contributed by atoms with Gasteiger partial charge in [0, 0.05) is 32.4 Å². The van der Waals surface area contributed by atoms with Crippen LogP contribution in [0.5, 0.6) is 0 Å². The summed E-state index contributed by atoms with van der Waals surface area (Å²) in [6.07, 6.45) is 1.97. The zero-order chi connectivity index (χ0) is 10.6. The maximum Gasteiger partial charge on any atom is 0.0762 e. The van der Waals surface area contributed by atoms with Crippen molar-refractivity contribution in [3.05, 3.63) is 18.0 Å². The molecule has 0 spiro atoms. The molecule has 80 valence electrons. The summed E-state index contributed by atoms with van der Waals surface area (Å²) in [7, 11) is 6.10. The number of likely N-dealkylation sites (N-methyl/N-ethyl adjacent to an activating group) is 1. The Bertz CT molecular complexity index is 267. The second kappa shape index (κ2) is 5.12. The van der Waals surface area contributed by atoms with E-state index in [-0.39, 0.29) is 0 Å². The number of rotatable bonds is 5. The first kappa shape index (κ1) is 11.2. The SMILES string of the molecule is CC(CN(C)C)NCc1ccn(C)n1. The van der Waals surface area contributed by atoms with Crippen LogP contribution in [-0.2, 0) is 13.6 Å². The molecular formula is C10H20N4. The van der Waals surface area contributed by atoms with Gasteiger partial charge >= 0.3 is 0 Å². The topological polar surface area (TPSA) is 33.1 Å². The minimum atomic E-state index is 0.493. The van der Waals surface area contributed by atoms with Gasteiger partial charge in [-0.3, -0.25) is 4.68 Å². The summed E-state index contributed by atoms with van der Waals surface area (Å²) in [4.78, 5) is 2.18. The zero-order valence-corrected chi connectivity index (χ0v) is 9.49. The highest BCUT2D eigenvalue weighted by atomic mass is 15.3. The quantitative estimate of drug-likeness (QED) is 0.742. The van der Waals surface area contributed by atoms with Gasteiger partial charge in [0.15, 0.2) is 0 Å². The number of nitrogens with zero attached hydrogens (tertiary/aromatic N) is 3. The fourth-order valence-corrected chi connectivity index (χ4v) is 1.45. The van der Waals surface area contributed by atoms with Crippen LogP contribution in [0.4, 0.5) is 0 Å². The Labute approximate surface area is 85.9 Å². The Hall–Kier alpha value is -0.870. The molecule has 1 aromatic rings. The molecule has 0 aliphatic rings. The van der Waals surface area contributed by atoms with E-state index in [4.69, 9.17) is 0 Å². The van der Waals surface area contributed by atoms with Crippen LogP contribution in [0.3, 0.4) is 0 Å². The first-order valence-electron chi connectivity index (χ1n) is 4.94. The Balaban J connectivity index is 2.26. The van der Waals surface area contributed by atoms with E-state index in [0.29, 0.717) is 6.04 Å². The number of hydrogen-bond donors (Lipinski definition) is 1. The maximum atomic E-state index is 4.30. The van der Waals surface area contributed by atoms with Crippen LogP contribution in [0.2, 0.25) is 0 Å². The lowest BCUT2D eigenvalue weighted by molar-refractivity contribution is 0.348. The monoisotopic (exact) mass is 196 g/mol. The Morgan fingerprint density at radius 3 is 2.79 bits per heavy atom. The van der Waals surface area contributed by atoms with Crippen molar-refractivity contribution in [2.24, 2.45) is 7.05 Å². The molecule has 0 aliphatic carbocycles. The van der Waals surface area contributed by atoms with Crippen molar-refractivity contribution in [1.29, 1.82) is 0 Å². The van der Waals surface area contributed by atoms with Gasteiger partial charge in [-0.2, -0.15) is 5.10 Å². The lowest BCUT2D eigenvalue weighted by atomic mass is 10.3. The van der Waals surface area contributed by atoms with Gasteiger partial charge in [-0.05, 0) is 27.1 Å². The normalized spacial score (nSPS) is 13.5.